The number of furan rings is 1. The first-order valence-electron chi connectivity index (χ1n) is 7.09. The van der Waals surface area contributed by atoms with Crippen molar-refractivity contribution in [2.45, 2.75) is 38.8 Å². The summed E-state index contributed by atoms with van der Waals surface area (Å²) < 4.78 is 11.3. The van der Waals surface area contributed by atoms with E-state index in [2.05, 4.69) is 25.2 Å². The fourth-order valence-corrected chi connectivity index (χ4v) is 2.50. The zero-order valence-corrected chi connectivity index (χ0v) is 13.0. The van der Waals surface area contributed by atoms with Crippen molar-refractivity contribution in [2.75, 3.05) is 13.7 Å². The minimum atomic E-state index is 0.212. The summed E-state index contributed by atoms with van der Waals surface area (Å²) in [5.74, 6) is 0.965. The number of hydrogen-bond acceptors (Lipinski definition) is 3. The van der Waals surface area contributed by atoms with E-state index in [9.17, 15) is 0 Å². The Hall–Kier alpha value is -1.03. The van der Waals surface area contributed by atoms with Crippen LogP contribution in [0.3, 0.4) is 0 Å². The van der Waals surface area contributed by atoms with Crippen LogP contribution in [0.5, 0.6) is 0 Å². The van der Waals surface area contributed by atoms with Crippen molar-refractivity contribution >= 4 is 22.6 Å². The lowest BCUT2D eigenvalue weighted by Crippen LogP contribution is -2.22. The molecule has 1 aromatic heterocycles. The highest BCUT2D eigenvalue weighted by atomic mass is 35.5. The van der Waals surface area contributed by atoms with Crippen molar-refractivity contribution < 1.29 is 9.15 Å². The molecule has 1 heterocycles. The Morgan fingerprint density at radius 1 is 1.30 bits per heavy atom. The van der Waals surface area contributed by atoms with Gasteiger partial charge in [0.25, 0.3) is 0 Å². The molecule has 0 fully saturated rings. The second kappa shape index (κ2) is 7.11. The highest BCUT2D eigenvalue weighted by Gasteiger charge is 2.16. The largest absolute Gasteiger partial charge is 0.459 e. The predicted molar refractivity (Wildman–Crippen MR) is 83.3 cm³/mol. The zero-order chi connectivity index (χ0) is 14.5. The van der Waals surface area contributed by atoms with Gasteiger partial charge in [0.15, 0.2) is 0 Å². The van der Waals surface area contributed by atoms with E-state index in [1.54, 1.807) is 7.11 Å². The van der Waals surface area contributed by atoms with Gasteiger partial charge in [-0.3, -0.25) is 0 Å². The molecule has 0 aliphatic rings. The quantitative estimate of drug-likeness (QED) is 0.813. The lowest BCUT2D eigenvalue weighted by Gasteiger charge is -2.17. The number of methoxy groups -OCH3 is 1. The standard InChI is InChI=1S/C16H22ClNO2/c1-4-18-14(7-5-11(2)19-3)16-10-12-9-13(17)6-8-15(12)20-16/h6,8-11,14,18H,4-5,7H2,1-3H3. The van der Waals surface area contributed by atoms with Crippen molar-refractivity contribution in [1.82, 2.24) is 5.32 Å². The van der Waals surface area contributed by atoms with E-state index >= 15 is 0 Å². The van der Waals surface area contributed by atoms with E-state index in [-0.39, 0.29) is 12.1 Å². The molecule has 1 N–H and O–H groups in total. The molecule has 0 spiro atoms. The maximum Gasteiger partial charge on any atom is 0.134 e. The summed E-state index contributed by atoms with van der Waals surface area (Å²) in [6, 6.07) is 7.99. The molecule has 0 radical (unpaired) electrons. The normalized spacial score (nSPS) is 14.6. The predicted octanol–water partition coefficient (Wildman–Crippen LogP) is 4.55. The molecule has 0 saturated heterocycles. The Balaban J connectivity index is 2.17. The number of nitrogens with one attached hydrogen (secondary N) is 1. The average molecular weight is 296 g/mol. The second-order valence-electron chi connectivity index (χ2n) is 5.06. The van der Waals surface area contributed by atoms with Crippen LogP contribution in [0.2, 0.25) is 5.02 Å². The Labute approximate surface area is 125 Å². The van der Waals surface area contributed by atoms with Crippen LogP contribution in [0.15, 0.2) is 28.7 Å². The van der Waals surface area contributed by atoms with Gasteiger partial charge in [-0.15, -0.1) is 0 Å². The van der Waals surface area contributed by atoms with Crippen LogP contribution in [-0.4, -0.2) is 19.8 Å². The van der Waals surface area contributed by atoms with Crippen LogP contribution in [0.1, 0.15) is 38.5 Å². The third kappa shape index (κ3) is 3.75. The van der Waals surface area contributed by atoms with Gasteiger partial charge in [-0.05, 0) is 50.6 Å². The fraction of sp³-hybridized carbons (Fsp3) is 0.500. The SMILES string of the molecule is CCNC(CCC(C)OC)c1cc2cc(Cl)ccc2o1. The van der Waals surface area contributed by atoms with Crippen LogP contribution >= 0.6 is 11.6 Å². The van der Waals surface area contributed by atoms with Gasteiger partial charge in [-0.25, -0.2) is 0 Å². The van der Waals surface area contributed by atoms with Gasteiger partial charge in [0.2, 0.25) is 0 Å². The molecule has 0 amide bonds. The molecule has 0 aliphatic heterocycles. The van der Waals surface area contributed by atoms with E-state index in [0.29, 0.717) is 0 Å². The Bertz CT molecular complexity index is 552. The number of halogens is 1. The number of benzene rings is 1. The Kier molecular flexibility index (Phi) is 5.46. The first kappa shape index (κ1) is 15.4. The van der Waals surface area contributed by atoms with Crippen molar-refractivity contribution in [2.24, 2.45) is 0 Å². The molecule has 0 aliphatic carbocycles. The van der Waals surface area contributed by atoms with Crippen LogP contribution in [0.4, 0.5) is 0 Å². The molecule has 2 aromatic rings. The summed E-state index contributed by atoms with van der Waals surface area (Å²) in [6.45, 7) is 5.09. The second-order valence-corrected chi connectivity index (χ2v) is 5.50. The number of fused-ring (bicyclic) bond motifs is 1. The molecule has 20 heavy (non-hydrogen) atoms. The zero-order valence-electron chi connectivity index (χ0n) is 12.3. The van der Waals surface area contributed by atoms with Crippen molar-refractivity contribution in [3.05, 3.63) is 35.0 Å². The van der Waals surface area contributed by atoms with Gasteiger partial charge in [0, 0.05) is 17.5 Å². The molecular formula is C16H22ClNO2. The summed E-state index contributed by atoms with van der Waals surface area (Å²) in [5, 5.41) is 5.26. The number of hydrogen-bond donors (Lipinski definition) is 1. The van der Waals surface area contributed by atoms with Gasteiger partial charge in [-0.2, -0.15) is 0 Å². The monoisotopic (exact) mass is 295 g/mol. The summed E-state index contributed by atoms with van der Waals surface area (Å²) >= 11 is 6.02. The maximum atomic E-state index is 6.02. The fourth-order valence-electron chi connectivity index (χ4n) is 2.32. The van der Waals surface area contributed by atoms with Gasteiger partial charge in [0.05, 0.1) is 12.1 Å². The molecule has 2 unspecified atom stereocenters. The average Bonchev–Trinajstić information content (AvgIpc) is 2.85. The Morgan fingerprint density at radius 3 is 2.80 bits per heavy atom. The lowest BCUT2D eigenvalue weighted by molar-refractivity contribution is 0.105. The van der Waals surface area contributed by atoms with Crippen LogP contribution < -0.4 is 5.32 Å². The number of rotatable bonds is 7. The minimum absolute atomic E-state index is 0.212. The van der Waals surface area contributed by atoms with Gasteiger partial charge < -0.3 is 14.5 Å². The molecule has 110 valence electrons. The molecule has 2 rings (SSSR count). The molecular weight excluding hydrogens is 274 g/mol. The van der Waals surface area contributed by atoms with Crippen LogP contribution in [-0.2, 0) is 4.74 Å². The summed E-state index contributed by atoms with van der Waals surface area (Å²) in [7, 11) is 1.75. The molecule has 1 aromatic carbocycles. The van der Waals surface area contributed by atoms with Gasteiger partial charge in [-0.1, -0.05) is 18.5 Å². The summed E-state index contributed by atoms with van der Waals surface area (Å²) in [5.41, 5.74) is 0.882. The van der Waals surface area contributed by atoms with E-state index in [4.69, 9.17) is 20.8 Å². The summed E-state index contributed by atoms with van der Waals surface area (Å²) in [4.78, 5) is 0. The van der Waals surface area contributed by atoms with E-state index in [1.165, 1.54) is 0 Å². The summed E-state index contributed by atoms with van der Waals surface area (Å²) in [6.07, 6.45) is 2.23. The first-order valence-corrected chi connectivity index (χ1v) is 7.47. The van der Waals surface area contributed by atoms with Crippen LogP contribution in [0.25, 0.3) is 11.0 Å². The molecule has 0 bridgehead atoms. The first-order chi connectivity index (χ1) is 9.63. The lowest BCUT2D eigenvalue weighted by atomic mass is 10.1. The molecule has 3 nitrogen and oxygen atoms in total. The molecule has 2 atom stereocenters. The highest BCUT2D eigenvalue weighted by Crippen LogP contribution is 2.28. The van der Waals surface area contributed by atoms with E-state index in [1.807, 2.05) is 18.2 Å². The van der Waals surface area contributed by atoms with E-state index < -0.39 is 0 Å². The molecule has 0 saturated carbocycles. The van der Waals surface area contributed by atoms with Gasteiger partial charge >= 0.3 is 0 Å². The maximum absolute atomic E-state index is 6.02. The van der Waals surface area contributed by atoms with E-state index in [0.717, 1.165) is 41.1 Å². The Morgan fingerprint density at radius 2 is 2.10 bits per heavy atom. The third-order valence-corrected chi connectivity index (χ3v) is 3.79. The highest BCUT2D eigenvalue weighted by molar-refractivity contribution is 6.31. The smallest absolute Gasteiger partial charge is 0.134 e. The van der Waals surface area contributed by atoms with Crippen molar-refractivity contribution in [3.63, 3.8) is 0 Å². The molecule has 4 heteroatoms. The third-order valence-electron chi connectivity index (χ3n) is 3.56. The number of ether oxygens (including phenoxy) is 1. The van der Waals surface area contributed by atoms with Gasteiger partial charge in [0.1, 0.15) is 11.3 Å². The topological polar surface area (TPSA) is 34.4 Å². The van der Waals surface area contributed by atoms with Crippen LogP contribution in [0, 0.1) is 0 Å². The van der Waals surface area contributed by atoms with Crippen molar-refractivity contribution in [1.29, 1.82) is 0 Å². The van der Waals surface area contributed by atoms with Crippen molar-refractivity contribution in [3.8, 4) is 0 Å². The minimum Gasteiger partial charge on any atom is -0.459 e.